The minimum Gasteiger partial charge on any atom is -0.375 e. The summed E-state index contributed by atoms with van der Waals surface area (Å²) in [6.45, 7) is 4.37. The standard InChI is InChI=1S/C15H19N3O2S/c1-2-12-10-17(7-8-20-12)15(19)11-18-6-5-13(16-18)14-4-3-9-21-14/h3-6,9,12H,2,7-8,10-11H2,1H3/t12-/m1/s1. The molecule has 2 aromatic heterocycles. The summed E-state index contributed by atoms with van der Waals surface area (Å²) >= 11 is 1.65. The Hall–Kier alpha value is -1.66. The van der Waals surface area contributed by atoms with Gasteiger partial charge in [-0.15, -0.1) is 11.3 Å². The molecule has 0 N–H and O–H groups in total. The Morgan fingerprint density at radius 3 is 3.19 bits per heavy atom. The number of ether oxygens (including phenoxy) is 1. The molecular weight excluding hydrogens is 286 g/mol. The number of hydrogen-bond acceptors (Lipinski definition) is 4. The fraction of sp³-hybridized carbons (Fsp3) is 0.467. The fourth-order valence-corrected chi connectivity index (χ4v) is 3.13. The Bertz CT molecular complexity index is 594. The third-order valence-corrected chi connectivity index (χ3v) is 4.55. The van der Waals surface area contributed by atoms with Crippen molar-refractivity contribution in [1.29, 1.82) is 0 Å². The summed E-state index contributed by atoms with van der Waals surface area (Å²) in [7, 11) is 0. The van der Waals surface area contributed by atoms with Crippen molar-refractivity contribution in [3.05, 3.63) is 29.8 Å². The number of amides is 1. The van der Waals surface area contributed by atoms with Crippen LogP contribution >= 0.6 is 11.3 Å². The van der Waals surface area contributed by atoms with Crippen molar-refractivity contribution in [1.82, 2.24) is 14.7 Å². The zero-order chi connectivity index (χ0) is 14.7. The number of rotatable bonds is 4. The summed E-state index contributed by atoms with van der Waals surface area (Å²) in [5.41, 5.74) is 0.922. The van der Waals surface area contributed by atoms with E-state index in [0.29, 0.717) is 26.2 Å². The number of carbonyl (C=O) groups is 1. The molecule has 1 aliphatic rings. The van der Waals surface area contributed by atoms with E-state index in [2.05, 4.69) is 12.0 Å². The van der Waals surface area contributed by atoms with Gasteiger partial charge < -0.3 is 9.64 Å². The van der Waals surface area contributed by atoms with Crippen molar-refractivity contribution in [2.24, 2.45) is 0 Å². The summed E-state index contributed by atoms with van der Waals surface area (Å²) in [5.74, 6) is 0.109. The van der Waals surface area contributed by atoms with Gasteiger partial charge in [-0.1, -0.05) is 13.0 Å². The molecule has 2 aromatic rings. The van der Waals surface area contributed by atoms with Gasteiger partial charge in [0.2, 0.25) is 5.91 Å². The summed E-state index contributed by atoms with van der Waals surface area (Å²) in [4.78, 5) is 15.3. The van der Waals surface area contributed by atoms with E-state index >= 15 is 0 Å². The van der Waals surface area contributed by atoms with Gasteiger partial charge in [-0.3, -0.25) is 9.48 Å². The second-order valence-corrected chi connectivity index (χ2v) is 6.06. The molecule has 0 spiro atoms. The molecule has 0 bridgehead atoms. The highest BCUT2D eigenvalue weighted by molar-refractivity contribution is 7.13. The molecule has 6 heteroatoms. The van der Waals surface area contributed by atoms with Crippen LogP contribution < -0.4 is 0 Å². The Morgan fingerprint density at radius 2 is 2.43 bits per heavy atom. The van der Waals surface area contributed by atoms with E-state index in [1.54, 1.807) is 16.0 Å². The average molecular weight is 305 g/mol. The minimum atomic E-state index is 0.109. The maximum Gasteiger partial charge on any atom is 0.244 e. The van der Waals surface area contributed by atoms with Gasteiger partial charge >= 0.3 is 0 Å². The van der Waals surface area contributed by atoms with Crippen molar-refractivity contribution in [2.75, 3.05) is 19.7 Å². The van der Waals surface area contributed by atoms with Crippen molar-refractivity contribution in [2.45, 2.75) is 26.0 Å². The number of carbonyl (C=O) groups excluding carboxylic acids is 1. The van der Waals surface area contributed by atoms with Gasteiger partial charge in [0, 0.05) is 19.3 Å². The van der Waals surface area contributed by atoms with Gasteiger partial charge in [0.15, 0.2) is 0 Å². The molecule has 0 radical (unpaired) electrons. The van der Waals surface area contributed by atoms with E-state index in [-0.39, 0.29) is 12.0 Å². The Balaban J connectivity index is 1.62. The number of nitrogens with zero attached hydrogens (tertiary/aromatic N) is 3. The molecule has 1 saturated heterocycles. The topological polar surface area (TPSA) is 47.4 Å². The van der Waals surface area contributed by atoms with Crippen LogP contribution in [0.15, 0.2) is 29.8 Å². The molecule has 1 fully saturated rings. The molecule has 3 heterocycles. The Kier molecular flexibility index (Phi) is 4.36. The molecule has 0 saturated carbocycles. The van der Waals surface area contributed by atoms with E-state index < -0.39 is 0 Å². The first-order valence-corrected chi connectivity index (χ1v) is 8.11. The summed E-state index contributed by atoms with van der Waals surface area (Å²) < 4.78 is 7.31. The third kappa shape index (κ3) is 3.33. The van der Waals surface area contributed by atoms with Gasteiger partial charge in [0.05, 0.1) is 17.6 Å². The van der Waals surface area contributed by atoms with Gasteiger partial charge in [0.1, 0.15) is 12.2 Å². The van der Waals surface area contributed by atoms with Crippen molar-refractivity contribution < 1.29 is 9.53 Å². The van der Waals surface area contributed by atoms with Crippen LogP contribution in [0.25, 0.3) is 10.6 Å². The maximum absolute atomic E-state index is 12.3. The van der Waals surface area contributed by atoms with E-state index in [9.17, 15) is 4.79 Å². The second kappa shape index (κ2) is 6.41. The predicted octanol–water partition coefficient (Wildman–Crippen LogP) is 2.25. The lowest BCUT2D eigenvalue weighted by Gasteiger charge is -2.32. The number of hydrogen-bond donors (Lipinski definition) is 0. The normalized spacial score (nSPS) is 18.9. The number of aromatic nitrogens is 2. The largest absolute Gasteiger partial charge is 0.375 e. The van der Waals surface area contributed by atoms with Crippen LogP contribution in [0.4, 0.5) is 0 Å². The molecule has 3 rings (SSSR count). The second-order valence-electron chi connectivity index (χ2n) is 5.12. The van der Waals surface area contributed by atoms with Gasteiger partial charge in [-0.25, -0.2) is 0 Å². The smallest absolute Gasteiger partial charge is 0.244 e. The number of morpholine rings is 1. The van der Waals surface area contributed by atoms with E-state index in [1.807, 2.05) is 34.7 Å². The van der Waals surface area contributed by atoms with E-state index in [4.69, 9.17) is 4.74 Å². The summed E-state index contributed by atoms with van der Waals surface area (Å²) in [6, 6.07) is 5.99. The van der Waals surface area contributed by atoms with Crippen molar-refractivity contribution in [3.63, 3.8) is 0 Å². The first kappa shape index (κ1) is 14.3. The molecule has 5 nitrogen and oxygen atoms in total. The molecular formula is C15H19N3O2S. The van der Waals surface area contributed by atoms with E-state index in [1.165, 1.54) is 0 Å². The molecule has 0 unspecified atom stereocenters. The van der Waals surface area contributed by atoms with Crippen LogP contribution in [0, 0.1) is 0 Å². The van der Waals surface area contributed by atoms with Crippen LogP contribution in [0.1, 0.15) is 13.3 Å². The van der Waals surface area contributed by atoms with Gasteiger partial charge in [-0.05, 0) is 23.9 Å². The first-order valence-electron chi connectivity index (χ1n) is 7.23. The van der Waals surface area contributed by atoms with Gasteiger partial charge in [-0.2, -0.15) is 5.10 Å². The van der Waals surface area contributed by atoms with Crippen LogP contribution in [0.3, 0.4) is 0 Å². The first-order chi connectivity index (χ1) is 10.3. The predicted molar refractivity (Wildman–Crippen MR) is 82.2 cm³/mol. The highest BCUT2D eigenvalue weighted by Gasteiger charge is 2.23. The SMILES string of the molecule is CC[C@@H]1CN(C(=O)Cn2ccc(-c3cccs3)n2)CCO1. The summed E-state index contributed by atoms with van der Waals surface area (Å²) in [5, 5.41) is 6.50. The summed E-state index contributed by atoms with van der Waals surface area (Å²) in [6.07, 6.45) is 2.97. The Labute approximate surface area is 128 Å². The monoisotopic (exact) mass is 305 g/mol. The van der Waals surface area contributed by atoms with Crippen molar-refractivity contribution in [3.8, 4) is 10.6 Å². The number of thiophene rings is 1. The van der Waals surface area contributed by atoms with Crippen molar-refractivity contribution >= 4 is 17.2 Å². The zero-order valence-corrected chi connectivity index (χ0v) is 12.9. The maximum atomic E-state index is 12.3. The van der Waals surface area contributed by atoms with Crippen LogP contribution in [-0.2, 0) is 16.1 Å². The molecule has 1 aliphatic heterocycles. The average Bonchev–Trinajstić information content (AvgIpc) is 3.18. The molecule has 21 heavy (non-hydrogen) atoms. The lowest BCUT2D eigenvalue weighted by Crippen LogP contribution is -2.46. The zero-order valence-electron chi connectivity index (χ0n) is 12.1. The third-order valence-electron chi connectivity index (χ3n) is 3.66. The van der Waals surface area contributed by atoms with Crippen LogP contribution in [0.5, 0.6) is 0 Å². The molecule has 112 valence electrons. The fourth-order valence-electron chi connectivity index (χ4n) is 2.44. The lowest BCUT2D eigenvalue weighted by atomic mass is 10.2. The Morgan fingerprint density at radius 1 is 1.52 bits per heavy atom. The minimum absolute atomic E-state index is 0.109. The van der Waals surface area contributed by atoms with Crippen LogP contribution in [-0.4, -0.2) is 46.4 Å². The molecule has 1 amide bonds. The van der Waals surface area contributed by atoms with E-state index in [0.717, 1.165) is 17.0 Å². The lowest BCUT2D eigenvalue weighted by molar-refractivity contribution is -0.139. The molecule has 1 atom stereocenters. The quantitative estimate of drug-likeness (QED) is 0.870. The molecule has 0 aromatic carbocycles. The molecule has 0 aliphatic carbocycles. The van der Waals surface area contributed by atoms with Crippen LogP contribution in [0.2, 0.25) is 0 Å². The highest BCUT2D eigenvalue weighted by atomic mass is 32.1. The van der Waals surface area contributed by atoms with Gasteiger partial charge in [0.25, 0.3) is 0 Å². The highest BCUT2D eigenvalue weighted by Crippen LogP contribution is 2.22.